The zero-order valence-corrected chi connectivity index (χ0v) is 23.5. The number of hydrogen-bond donors (Lipinski definition) is 1. The molecular formula is C29H31Cl2F4N3O2. The number of alkyl halides is 3. The fourth-order valence-corrected chi connectivity index (χ4v) is 4.64. The number of rotatable bonds is 11. The Kier molecular flexibility index (Phi) is 11.6. The summed E-state index contributed by atoms with van der Waals surface area (Å²) >= 11 is 11.9. The highest BCUT2D eigenvalue weighted by Crippen LogP contribution is 2.30. The molecule has 11 heteroatoms. The van der Waals surface area contributed by atoms with E-state index in [9.17, 15) is 27.2 Å². The molecule has 1 fully saturated rings. The fourth-order valence-electron chi connectivity index (χ4n) is 4.33. The molecule has 1 unspecified atom stereocenters. The summed E-state index contributed by atoms with van der Waals surface area (Å²) in [5.41, 5.74) is -0.482. The summed E-state index contributed by atoms with van der Waals surface area (Å²) in [5, 5.41) is 3.73. The number of unbranched alkanes of at least 4 members (excludes halogenated alkanes) is 2. The van der Waals surface area contributed by atoms with Gasteiger partial charge < -0.3 is 15.1 Å². The quantitative estimate of drug-likeness (QED) is 0.178. The smallest absolute Gasteiger partial charge is 0.353 e. The van der Waals surface area contributed by atoms with Crippen molar-refractivity contribution in [3.05, 3.63) is 81.1 Å². The first-order valence-electron chi connectivity index (χ1n) is 12.9. The maximum atomic E-state index is 13.9. The van der Waals surface area contributed by atoms with Gasteiger partial charge in [0.25, 0.3) is 0 Å². The third-order valence-electron chi connectivity index (χ3n) is 6.69. The van der Waals surface area contributed by atoms with Crippen LogP contribution in [0.5, 0.6) is 0 Å². The highest BCUT2D eigenvalue weighted by atomic mass is 35.5. The number of carbonyl (C=O) groups excluding carboxylic acids is 2. The maximum Gasteiger partial charge on any atom is 0.416 e. The van der Waals surface area contributed by atoms with Gasteiger partial charge in [-0.25, -0.2) is 4.39 Å². The van der Waals surface area contributed by atoms with Crippen molar-refractivity contribution in [3.63, 3.8) is 0 Å². The molecule has 3 rings (SSSR count). The van der Waals surface area contributed by atoms with Gasteiger partial charge in [-0.1, -0.05) is 35.7 Å². The van der Waals surface area contributed by atoms with Gasteiger partial charge in [0.2, 0.25) is 11.8 Å². The van der Waals surface area contributed by atoms with Gasteiger partial charge in [0.05, 0.1) is 15.6 Å². The van der Waals surface area contributed by atoms with Crippen LogP contribution in [-0.2, 0) is 15.8 Å². The number of nitrogens with zero attached hydrogens (tertiary/aromatic N) is 2. The number of hydrogen-bond acceptors (Lipinski definition) is 3. The molecule has 0 radical (unpaired) electrons. The molecule has 1 N–H and O–H groups in total. The lowest BCUT2D eigenvalue weighted by molar-refractivity contribution is -0.137. The summed E-state index contributed by atoms with van der Waals surface area (Å²) in [5.74, 6) is -1.41. The number of likely N-dealkylation sites (tertiary alicyclic amines) is 1. The number of amides is 2. The van der Waals surface area contributed by atoms with E-state index in [0.29, 0.717) is 35.3 Å². The highest BCUT2D eigenvalue weighted by Gasteiger charge is 2.31. The van der Waals surface area contributed by atoms with E-state index in [1.54, 1.807) is 36.2 Å². The minimum absolute atomic E-state index is 0.0369. The second-order valence-corrected chi connectivity index (χ2v) is 10.4. The number of nitrogens with one attached hydrogen (secondary N) is 1. The van der Waals surface area contributed by atoms with E-state index in [2.05, 4.69) is 10.2 Å². The Morgan fingerprint density at radius 3 is 2.55 bits per heavy atom. The van der Waals surface area contributed by atoms with Crippen LogP contribution in [-0.4, -0.2) is 60.9 Å². The molecule has 1 heterocycles. The molecule has 2 aromatic rings. The molecule has 0 aromatic heterocycles. The second-order valence-electron chi connectivity index (χ2n) is 9.62. The van der Waals surface area contributed by atoms with Gasteiger partial charge in [0, 0.05) is 50.4 Å². The molecule has 0 bridgehead atoms. The number of likely N-dealkylation sites (N-methyl/N-ethyl adjacent to an activating group) is 1. The molecular weight excluding hydrogens is 569 g/mol. The Bertz CT molecular complexity index is 1250. The Morgan fingerprint density at radius 1 is 1.05 bits per heavy atom. The van der Waals surface area contributed by atoms with Crippen molar-refractivity contribution in [2.45, 2.75) is 37.9 Å². The molecule has 40 heavy (non-hydrogen) atoms. The minimum atomic E-state index is -4.59. The van der Waals surface area contributed by atoms with Crippen molar-refractivity contribution in [1.29, 1.82) is 0 Å². The predicted molar refractivity (Wildman–Crippen MR) is 150 cm³/mol. The van der Waals surface area contributed by atoms with Gasteiger partial charge in [-0.3, -0.25) is 9.59 Å². The molecule has 1 aliphatic heterocycles. The highest BCUT2D eigenvalue weighted by molar-refractivity contribution is 6.42. The minimum Gasteiger partial charge on any atom is -0.353 e. The van der Waals surface area contributed by atoms with Crippen LogP contribution in [0, 0.1) is 5.82 Å². The molecule has 2 aromatic carbocycles. The third-order valence-corrected chi connectivity index (χ3v) is 7.43. The molecule has 216 valence electrons. The van der Waals surface area contributed by atoms with Gasteiger partial charge in [-0.15, -0.1) is 0 Å². The second kappa shape index (κ2) is 14.7. The average Bonchev–Trinajstić information content (AvgIpc) is 3.38. The van der Waals surface area contributed by atoms with E-state index in [1.807, 2.05) is 0 Å². The van der Waals surface area contributed by atoms with Crippen LogP contribution in [0.4, 0.5) is 17.6 Å². The van der Waals surface area contributed by atoms with Crippen LogP contribution < -0.4 is 5.32 Å². The SMILES string of the molecule is CN(C(=O)/C=C/c1cc(C(F)(F)F)ccc1F)C1CCN(CCCCCNC(=O)/C=C/c2ccc(Cl)c(Cl)c2)C1. The summed E-state index contributed by atoms with van der Waals surface area (Å²) in [7, 11) is 1.64. The standard InChI is InChI=1S/C29H31Cl2F4N3O2/c1-37(28(40)12-7-21-18-22(29(33,34)35)8-10-26(21)32)23-13-16-38(19-23)15-4-2-3-14-36-27(39)11-6-20-5-9-24(30)25(31)17-20/h5-12,17-18,23H,2-4,13-16,19H2,1H3,(H,36,39)/b11-6+,12-7+. The van der Waals surface area contributed by atoms with Crippen molar-refractivity contribution in [2.75, 3.05) is 33.2 Å². The van der Waals surface area contributed by atoms with Gasteiger partial charge in [-0.2, -0.15) is 13.2 Å². The molecule has 0 spiro atoms. The lowest BCUT2D eigenvalue weighted by Gasteiger charge is -2.24. The summed E-state index contributed by atoms with van der Waals surface area (Å²) in [6.45, 7) is 2.92. The van der Waals surface area contributed by atoms with Crippen molar-refractivity contribution >= 4 is 47.2 Å². The molecule has 0 aliphatic carbocycles. The Balaban J connectivity index is 1.34. The fraction of sp³-hybridized carbons (Fsp3) is 0.379. The summed E-state index contributed by atoms with van der Waals surface area (Å²) in [6.07, 6.45) is 4.19. The molecule has 1 atom stereocenters. The van der Waals surface area contributed by atoms with Crippen molar-refractivity contribution in [1.82, 2.24) is 15.1 Å². The topological polar surface area (TPSA) is 52.7 Å². The first kappa shape index (κ1) is 31.6. The van der Waals surface area contributed by atoms with Crippen molar-refractivity contribution < 1.29 is 27.2 Å². The zero-order chi connectivity index (χ0) is 29.3. The molecule has 1 saturated heterocycles. The summed E-state index contributed by atoms with van der Waals surface area (Å²) < 4.78 is 52.6. The largest absolute Gasteiger partial charge is 0.416 e. The lowest BCUT2D eigenvalue weighted by atomic mass is 10.1. The maximum absolute atomic E-state index is 13.9. The van der Waals surface area contributed by atoms with Crippen LogP contribution in [0.1, 0.15) is 42.4 Å². The number of carbonyl (C=O) groups is 2. The predicted octanol–water partition coefficient (Wildman–Crippen LogP) is 6.70. The van der Waals surface area contributed by atoms with E-state index in [0.717, 1.165) is 62.6 Å². The van der Waals surface area contributed by atoms with Gasteiger partial charge in [0.1, 0.15) is 5.82 Å². The zero-order valence-electron chi connectivity index (χ0n) is 22.0. The van der Waals surface area contributed by atoms with Crippen LogP contribution in [0.2, 0.25) is 10.0 Å². The van der Waals surface area contributed by atoms with Gasteiger partial charge in [-0.05, 0) is 73.9 Å². The normalized spacial score (nSPS) is 16.2. The Hall–Kier alpha value is -2.88. The van der Waals surface area contributed by atoms with Gasteiger partial charge >= 0.3 is 6.18 Å². The van der Waals surface area contributed by atoms with Crippen LogP contribution in [0.25, 0.3) is 12.2 Å². The van der Waals surface area contributed by atoms with E-state index in [-0.39, 0.29) is 17.5 Å². The van der Waals surface area contributed by atoms with Crippen LogP contribution in [0.3, 0.4) is 0 Å². The average molecular weight is 600 g/mol. The Morgan fingerprint density at radius 2 is 1.82 bits per heavy atom. The molecule has 5 nitrogen and oxygen atoms in total. The number of benzene rings is 2. The first-order valence-corrected chi connectivity index (χ1v) is 13.6. The van der Waals surface area contributed by atoms with Crippen LogP contribution in [0.15, 0.2) is 48.6 Å². The van der Waals surface area contributed by atoms with E-state index < -0.39 is 23.5 Å². The van der Waals surface area contributed by atoms with E-state index in [4.69, 9.17) is 23.2 Å². The van der Waals surface area contributed by atoms with E-state index >= 15 is 0 Å². The molecule has 2 amide bonds. The number of halogens is 6. The first-order chi connectivity index (χ1) is 18.9. The van der Waals surface area contributed by atoms with E-state index in [1.165, 1.54) is 6.08 Å². The van der Waals surface area contributed by atoms with Crippen LogP contribution >= 0.6 is 23.2 Å². The summed E-state index contributed by atoms with van der Waals surface area (Å²) in [6, 6.07) is 7.19. The molecule has 1 aliphatic rings. The third kappa shape index (κ3) is 9.64. The van der Waals surface area contributed by atoms with Gasteiger partial charge in [0.15, 0.2) is 0 Å². The Labute approximate surface area is 241 Å². The monoisotopic (exact) mass is 599 g/mol. The van der Waals surface area contributed by atoms with Crippen molar-refractivity contribution in [2.24, 2.45) is 0 Å². The summed E-state index contributed by atoms with van der Waals surface area (Å²) in [4.78, 5) is 28.4. The molecule has 0 saturated carbocycles. The van der Waals surface area contributed by atoms with Crippen molar-refractivity contribution in [3.8, 4) is 0 Å². The lowest BCUT2D eigenvalue weighted by Crippen LogP contribution is -2.38.